The normalized spacial score (nSPS) is 10.4. The number of amides is 1. The van der Waals surface area contributed by atoms with Crippen molar-refractivity contribution in [3.63, 3.8) is 0 Å². The molecule has 1 amide bonds. The molecule has 0 atom stereocenters. The van der Waals surface area contributed by atoms with Gasteiger partial charge in [-0.05, 0) is 41.3 Å². The summed E-state index contributed by atoms with van der Waals surface area (Å²) in [6.45, 7) is 0.505. The minimum Gasteiger partial charge on any atom is -0.352 e. The second kappa shape index (κ2) is 6.95. The van der Waals surface area contributed by atoms with E-state index in [1.54, 1.807) is 29.9 Å². The van der Waals surface area contributed by atoms with Crippen molar-refractivity contribution in [3.8, 4) is 11.3 Å². The molecule has 0 fully saturated rings. The lowest BCUT2D eigenvalue weighted by Crippen LogP contribution is -2.24. The fraction of sp³-hybridized carbons (Fsp3) is 0.118. The number of hydrogen-bond donors (Lipinski definition) is 1. The number of nitrogens with zero attached hydrogens (tertiary/aromatic N) is 2. The first-order valence-electron chi connectivity index (χ1n) is 6.96. The molecule has 5 heteroatoms. The molecular weight excluding hydrogens is 294 g/mol. The number of thiophene rings is 1. The van der Waals surface area contributed by atoms with Gasteiger partial charge in [0.05, 0.1) is 12.1 Å². The second-order valence-electron chi connectivity index (χ2n) is 4.82. The van der Waals surface area contributed by atoms with Crippen LogP contribution in [0.3, 0.4) is 0 Å². The lowest BCUT2D eigenvalue weighted by molar-refractivity contribution is -0.120. The van der Waals surface area contributed by atoms with Crippen LogP contribution in [0.4, 0.5) is 0 Å². The molecule has 3 heterocycles. The molecule has 0 aliphatic carbocycles. The lowest BCUT2D eigenvalue weighted by atomic mass is 10.1. The molecule has 0 bridgehead atoms. The third-order valence-corrected chi connectivity index (χ3v) is 4.08. The van der Waals surface area contributed by atoms with Crippen LogP contribution in [0.15, 0.2) is 60.4 Å². The molecule has 4 nitrogen and oxygen atoms in total. The Morgan fingerprint density at radius 1 is 1.14 bits per heavy atom. The van der Waals surface area contributed by atoms with E-state index >= 15 is 0 Å². The quantitative estimate of drug-likeness (QED) is 0.788. The van der Waals surface area contributed by atoms with Crippen molar-refractivity contribution >= 4 is 17.2 Å². The van der Waals surface area contributed by atoms with Gasteiger partial charge in [0.1, 0.15) is 0 Å². The Morgan fingerprint density at radius 3 is 2.77 bits per heavy atom. The molecule has 0 spiro atoms. The van der Waals surface area contributed by atoms with E-state index in [-0.39, 0.29) is 5.91 Å². The number of aromatic nitrogens is 2. The average molecular weight is 309 g/mol. The molecule has 0 saturated carbocycles. The summed E-state index contributed by atoms with van der Waals surface area (Å²) in [5, 5.41) is 4.92. The topological polar surface area (TPSA) is 54.9 Å². The van der Waals surface area contributed by atoms with Crippen LogP contribution in [0.1, 0.15) is 10.4 Å². The Balaban J connectivity index is 1.62. The SMILES string of the molecule is O=C(Cc1cccs1)NCc1ccnc(-c2ccncc2)c1. The number of carbonyl (C=O) groups is 1. The molecule has 110 valence electrons. The molecule has 0 saturated heterocycles. The summed E-state index contributed by atoms with van der Waals surface area (Å²) in [4.78, 5) is 21.3. The maximum atomic E-state index is 11.9. The number of nitrogens with one attached hydrogen (secondary N) is 1. The summed E-state index contributed by atoms with van der Waals surface area (Å²) in [7, 11) is 0. The highest BCUT2D eigenvalue weighted by Gasteiger charge is 2.05. The van der Waals surface area contributed by atoms with Crippen LogP contribution < -0.4 is 5.32 Å². The molecule has 3 aromatic heterocycles. The molecular formula is C17H15N3OS. The Hall–Kier alpha value is -2.53. The lowest BCUT2D eigenvalue weighted by Gasteiger charge is -2.06. The maximum absolute atomic E-state index is 11.9. The fourth-order valence-electron chi connectivity index (χ4n) is 2.10. The van der Waals surface area contributed by atoms with Crippen LogP contribution in [0.25, 0.3) is 11.3 Å². The van der Waals surface area contributed by atoms with Crippen LogP contribution in [0.5, 0.6) is 0 Å². The first-order valence-corrected chi connectivity index (χ1v) is 7.83. The van der Waals surface area contributed by atoms with Gasteiger partial charge in [0.15, 0.2) is 0 Å². The number of rotatable bonds is 5. The van der Waals surface area contributed by atoms with Crippen molar-refractivity contribution < 1.29 is 4.79 Å². The number of hydrogen-bond acceptors (Lipinski definition) is 4. The summed E-state index contributed by atoms with van der Waals surface area (Å²) < 4.78 is 0. The first-order chi connectivity index (χ1) is 10.8. The van der Waals surface area contributed by atoms with E-state index in [4.69, 9.17) is 0 Å². The summed E-state index contributed by atoms with van der Waals surface area (Å²) in [5.74, 6) is 0.0322. The van der Waals surface area contributed by atoms with E-state index in [0.29, 0.717) is 13.0 Å². The largest absolute Gasteiger partial charge is 0.352 e. The van der Waals surface area contributed by atoms with Crippen LogP contribution in [0, 0.1) is 0 Å². The van der Waals surface area contributed by atoms with Crippen molar-refractivity contribution in [1.82, 2.24) is 15.3 Å². The summed E-state index contributed by atoms with van der Waals surface area (Å²) >= 11 is 1.60. The summed E-state index contributed by atoms with van der Waals surface area (Å²) in [6, 6.07) is 11.7. The standard InChI is InChI=1S/C17H15N3OS/c21-17(11-15-2-1-9-22-15)20-12-13-3-8-19-16(10-13)14-4-6-18-7-5-14/h1-10H,11-12H2,(H,20,21). The van der Waals surface area contributed by atoms with Gasteiger partial charge in [-0.25, -0.2) is 0 Å². The Bertz CT molecular complexity index is 742. The minimum atomic E-state index is 0.0322. The van der Waals surface area contributed by atoms with Crippen LogP contribution in [-0.2, 0) is 17.8 Å². The molecule has 0 aliphatic rings. The molecule has 3 rings (SSSR count). The van der Waals surface area contributed by atoms with Crippen molar-refractivity contribution in [1.29, 1.82) is 0 Å². The van der Waals surface area contributed by atoms with E-state index in [1.165, 1.54) is 0 Å². The van der Waals surface area contributed by atoms with Crippen LogP contribution in [-0.4, -0.2) is 15.9 Å². The summed E-state index contributed by atoms with van der Waals surface area (Å²) in [5.41, 5.74) is 2.93. The summed E-state index contributed by atoms with van der Waals surface area (Å²) in [6.07, 6.45) is 5.68. The highest BCUT2D eigenvalue weighted by atomic mass is 32.1. The minimum absolute atomic E-state index is 0.0322. The molecule has 0 radical (unpaired) electrons. The van der Waals surface area contributed by atoms with E-state index in [0.717, 1.165) is 21.7 Å². The van der Waals surface area contributed by atoms with Gasteiger partial charge in [0.2, 0.25) is 5.91 Å². The molecule has 0 aliphatic heterocycles. The van der Waals surface area contributed by atoms with Gasteiger partial charge in [-0.15, -0.1) is 11.3 Å². The molecule has 3 aromatic rings. The van der Waals surface area contributed by atoms with Gasteiger partial charge in [-0.3, -0.25) is 14.8 Å². The third kappa shape index (κ3) is 3.77. The van der Waals surface area contributed by atoms with Gasteiger partial charge in [0.25, 0.3) is 0 Å². The van der Waals surface area contributed by atoms with Gasteiger partial charge in [0, 0.05) is 35.6 Å². The van der Waals surface area contributed by atoms with Crippen molar-refractivity contribution in [2.45, 2.75) is 13.0 Å². The van der Waals surface area contributed by atoms with E-state index in [9.17, 15) is 4.79 Å². The Kier molecular flexibility index (Phi) is 4.56. The zero-order valence-corrected chi connectivity index (χ0v) is 12.7. The fourth-order valence-corrected chi connectivity index (χ4v) is 2.80. The number of pyridine rings is 2. The van der Waals surface area contributed by atoms with Crippen molar-refractivity contribution in [2.24, 2.45) is 0 Å². The molecule has 22 heavy (non-hydrogen) atoms. The van der Waals surface area contributed by atoms with Crippen molar-refractivity contribution in [3.05, 3.63) is 70.8 Å². The first kappa shape index (κ1) is 14.4. The molecule has 0 unspecified atom stereocenters. The zero-order valence-electron chi connectivity index (χ0n) is 11.9. The monoisotopic (exact) mass is 309 g/mol. The Morgan fingerprint density at radius 2 is 2.00 bits per heavy atom. The Labute approximate surface area is 132 Å². The smallest absolute Gasteiger partial charge is 0.225 e. The zero-order chi connectivity index (χ0) is 15.2. The molecule has 1 N–H and O–H groups in total. The van der Waals surface area contributed by atoms with Gasteiger partial charge < -0.3 is 5.32 Å². The van der Waals surface area contributed by atoms with E-state index in [1.807, 2.05) is 41.8 Å². The number of carbonyl (C=O) groups excluding carboxylic acids is 1. The van der Waals surface area contributed by atoms with Gasteiger partial charge >= 0.3 is 0 Å². The van der Waals surface area contributed by atoms with Crippen LogP contribution in [0.2, 0.25) is 0 Å². The third-order valence-electron chi connectivity index (χ3n) is 3.21. The van der Waals surface area contributed by atoms with Crippen LogP contribution >= 0.6 is 11.3 Å². The predicted octanol–water partition coefficient (Wildman–Crippen LogP) is 3.06. The highest BCUT2D eigenvalue weighted by molar-refractivity contribution is 7.10. The molecule has 0 aromatic carbocycles. The van der Waals surface area contributed by atoms with Gasteiger partial charge in [-0.1, -0.05) is 6.07 Å². The van der Waals surface area contributed by atoms with Gasteiger partial charge in [-0.2, -0.15) is 0 Å². The van der Waals surface area contributed by atoms with E-state index < -0.39 is 0 Å². The van der Waals surface area contributed by atoms with E-state index in [2.05, 4.69) is 15.3 Å². The second-order valence-corrected chi connectivity index (χ2v) is 5.85. The maximum Gasteiger partial charge on any atom is 0.225 e. The average Bonchev–Trinajstić information content (AvgIpc) is 3.07. The van der Waals surface area contributed by atoms with Crippen molar-refractivity contribution in [2.75, 3.05) is 0 Å². The highest BCUT2D eigenvalue weighted by Crippen LogP contribution is 2.16. The predicted molar refractivity (Wildman–Crippen MR) is 87.3 cm³/mol.